The first kappa shape index (κ1) is 21.0. The molecule has 2 atom stereocenters. The Bertz CT molecular complexity index is 1040. The summed E-state index contributed by atoms with van der Waals surface area (Å²) in [5.41, 5.74) is 3.22. The number of nitrogens with one attached hydrogen (secondary N) is 1. The van der Waals surface area contributed by atoms with E-state index in [1.807, 2.05) is 38.1 Å². The number of ketones is 1. The van der Waals surface area contributed by atoms with Crippen molar-refractivity contribution in [3.8, 4) is 17.2 Å². The summed E-state index contributed by atoms with van der Waals surface area (Å²) in [6.07, 6.45) is 1.29. The average molecular weight is 421 g/mol. The highest BCUT2D eigenvalue weighted by Crippen LogP contribution is 2.44. The van der Waals surface area contributed by atoms with Gasteiger partial charge in [-0.3, -0.25) is 9.59 Å². The van der Waals surface area contributed by atoms with Crippen molar-refractivity contribution in [2.45, 2.75) is 51.0 Å². The number of phenols is 1. The van der Waals surface area contributed by atoms with Crippen molar-refractivity contribution in [1.29, 1.82) is 0 Å². The van der Waals surface area contributed by atoms with Gasteiger partial charge in [-0.2, -0.15) is 0 Å². The number of carbonyl (C=O) groups excluding carboxylic acids is 2. The Balaban J connectivity index is 1.63. The number of hydrogen-bond donors (Lipinski definition) is 2. The van der Waals surface area contributed by atoms with Crippen LogP contribution in [-0.2, 0) is 9.59 Å². The second kappa shape index (κ2) is 8.46. The number of methoxy groups -OCH3 is 1. The van der Waals surface area contributed by atoms with Crippen molar-refractivity contribution in [2.75, 3.05) is 7.11 Å². The third kappa shape index (κ3) is 4.29. The molecule has 2 aromatic rings. The van der Waals surface area contributed by atoms with E-state index in [2.05, 4.69) is 5.32 Å². The van der Waals surface area contributed by atoms with Gasteiger partial charge in [0, 0.05) is 30.0 Å². The summed E-state index contributed by atoms with van der Waals surface area (Å²) in [5, 5.41) is 12.8. The SMILES string of the molecule is COc1cc([C@@H]2CC(=O)NC3=C2C(=O)C[C@H](c2ccc(OC(C)C)cc2)C3)ccc1O. The maximum atomic E-state index is 13.2. The van der Waals surface area contributed by atoms with Gasteiger partial charge in [0.05, 0.1) is 13.2 Å². The van der Waals surface area contributed by atoms with Crippen LogP contribution < -0.4 is 14.8 Å². The van der Waals surface area contributed by atoms with Gasteiger partial charge in [0.15, 0.2) is 17.3 Å². The number of phenolic OH excluding ortho intramolecular Hbond substituents is 1. The molecule has 2 aromatic carbocycles. The fraction of sp³-hybridized carbons (Fsp3) is 0.360. The molecule has 6 nitrogen and oxygen atoms in total. The quantitative estimate of drug-likeness (QED) is 0.756. The molecular weight excluding hydrogens is 394 g/mol. The standard InChI is InChI=1S/C25H27NO5/c1-14(2)31-18-7-4-15(5-8-18)17-10-20-25(22(28)11-17)19(13-24(29)26-20)16-6-9-21(27)23(12-16)30-3/h4-9,12,14,17,19,27H,10-11,13H2,1-3H3,(H,26,29)/t17-,19+/m1/s1. The zero-order valence-electron chi connectivity index (χ0n) is 18.0. The molecular formula is C25H27NO5. The summed E-state index contributed by atoms with van der Waals surface area (Å²) >= 11 is 0. The van der Waals surface area contributed by atoms with E-state index in [-0.39, 0.29) is 41.8 Å². The average Bonchev–Trinajstić information content (AvgIpc) is 2.73. The van der Waals surface area contributed by atoms with Gasteiger partial charge in [0.1, 0.15) is 5.75 Å². The van der Waals surface area contributed by atoms with E-state index in [0.29, 0.717) is 29.9 Å². The van der Waals surface area contributed by atoms with Gasteiger partial charge in [-0.15, -0.1) is 0 Å². The van der Waals surface area contributed by atoms with Crippen LogP contribution in [0.3, 0.4) is 0 Å². The molecule has 1 amide bonds. The number of rotatable bonds is 5. The van der Waals surface area contributed by atoms with Gasteiger partial charge in [0.2, 0.25) is 5.91 Å². The molecule has 4 rings (SSSR count). The summed E-state index contributed by atoms with van der Waals surface area (Å²) in [6, 6.07) is 12.8. The fourth-order valence-electron chi connectivity index (χ4n) is 4.48. The maximum Gasteiger partial charge on any atom is 0.225 e. The smallest absolute Gasteiger partial charge is 0.225 e. The Labute approximate surface area is 181 Å². The second-order valence-corrected chi connectivity index (χ2v) is 8.39. The van der Waals surface area contributed by atoms with E-state index in [4.69, 9.17) is 9.47 Å². The lowest BCUT2D eigenvalue weighted by Crippen LogP contribution is -2.38. The van der Waals surface area contributed by atoms with Gasteiger partial charge < -0.3 is 19.9 Å². The largest absolute Gasteiger partial charge is 0.504 e. The molecule has 0 saturated heterocycles. The molecule has 31 heavy (non-hydrogen) atoms. The van der Waals surface area contributed by atoms with Crippen molar-refractivity contribution < 1.29 is 24.2 Å². The summed E-state index contributed by atoms with van der Waals surface area (Å²) in [4.78, 5) is 25.7. The molecule has 0 fully saturated rings. The summed E-state index contributed by atoms with van der Waals surface area (Å²) < 4.78 is 10.9. The lowest BCUT2D eigenvalue weighted by atomic mass is 9.73. The lowest BCUT2D eigenvalue weighted by Gasteiger charge is -2.34. The monoisotopic (exact) mass is 421 g/mol. The number of amides is 1. The molecule has 0 bridgehead atoms. The number of ether oxygens (including phenoxy) is 2. The third-order valence-electron chi connectivity index (χ3n) is 5.87. The van der Waals surface area contributed by atoms with Gasteiger partial charge in [-0.25, -0.2) is 0 Å². The molecule has 1 heterocycles. The Hall–Kier alpha value is -3.28. The first-order chi connectivity index (χ1) is 14.9. The highest BCUT2D eigenvalue weighted by atomic mass is 16.5. The molecule has 0 radical (unpaired) electrons. The Morgan fingerprint density at radius 3 is 2.39 bits per heavy atom. The van der Waals surface area contributed by atoms with Crippen LogP contribution >= 0.6 is 0 Å². The minimum atomic E-state index is -0.339. The highest BCUT2D eigenvalue weighted by molar-refractivity contribution is 6.02. The molecule has 6 heteroatoms. The first-order valence-corrected chi connectivity index (χ1v) is 10.5. The topological polar surface area (TPSA) is 84.9 Å². The molecule has 0 aromatic heterocycles. The van der Waals surface area contributed by atoms with E-state index < -0.39 is 0 Å². The molecule has 1 aliphatic carbocycles. The van der Waals surface area contributed by atoms with Crippen molar-refractivity contribution in [3.63, 3.8) is 0 Å². The second-order valence-electron chi connectivity index (χ2n) is 8.39. The minimum Gasteiger partial charge on any atom is -0.504 e. The Kier molecular flexibility index (Phi) is 5.72. The van der Waals surface area contributed by atoms with Crippen molar-refractivity contribution in [1.82, 2.24) is 5.32 Å². The Morgan fingerprint density at radius 2 is 1.71 bits per heavy atom. The van der Waals surface area contributed by atoms with Crippen LogP contribution in [0.1, 0.15) is 56.1 Å². The molecule has 0 unspecified atom stereocenters. The predicted molar refractivity (Wildman–Crippen MR) is 116 cm³/mol. The highest BCUT2D eigenvalue weighted by Gasteiger charge is 2.38. The molecule has 162 valence electrons. The van der Waals surface area contributed by atoms with Crippen LogP contribution in [0.15, 0.2) is 53.7 Å². The van der Waals surface area contributed by atoms with Crippen LogP contribution in [-0.4, -0.2) is 30.0 Å². The summed E-state index contributed by atoms with van der Waals surface area (Å²) in [7, 11) is 1.48. The molecule has 1 aliphatic heterocycles. The van der Waals surface area contributed by atoms with Crippen LogP contribution in [0.5, 0.6) is 17.2 Å². The zero-order chi connectivity index (χ0) is 22.1. The molecule has 0 saturated carbocycles. The molecule has 2 N–H and O–H groups in total. The normalized spacial score (nSPS) is 21.0. The van der Waals surface area contributed by atoms with Gasteiger partial charge >= 0.3 is 0 Å². The van der Waals surface area contributed by atoms with Crippen LogP contribution in [0.25, 0.3) is 0 Å². The number of benzene rings is 2. The van der Waals surface area contributed by atoms with Gasteiger partial charge in [-0.1, -0.05) is 18.2 Å². The maximum absolute atomic E-state index is 13.2. The fourth-order valence-corrected chi connectivity index (χ4v) is 4.48. The summed E-state index contributed by atoms with van der Waals surface area (Å²) in [6.45, 7) is 3.96. The molecule has 2 aliphatic rings. The predicted octanol–water partition coefficient (Wildman–Crippen LogP) is 4.19. The van der Waals surface area contributed by atoms with Crippen LogP contribution in [0.4, 0.5) is 0 Å². The van der Waals surface area contributed by atoms with E-state index in [0.717, 1.165) is 16.9 Å². The van der Waals surface area contributed by atoms with Crippen molar-refractivity contribution in [3.05, 3.63) is 64.9 Å². The van der Waals surface area contributed by atoms with Crippen molar-refractivity contribution in [2.24, 2.45) is 0 Å². The van der Waals surface area contributed by atoms with E-state index in [9.17, 15) is 14.7 Å². The number of aromatic hydroxyl groups is 1. The molecule has 0 spiro atoms. The minimum absolute atomic E-state index is 0.00718. The van der Waals surface area contributed by atoms with E-state index in [1.54, 1.807) is 12.1 Å². The summed E-state index contributed by atoms with van der Waals surface area (Å²) in [5.74, 6) is 0.765. The lowest BCUT2D eigenvalue weighted by molar-refractivity contribution is -0.122. The van der Waals surface area contributed by atoms with Crippen LogP contribution in [0.2, 0.25) is 0 Å². The number of carbonyl (C=O) groups is 2. The van der Waals surface area contributed by atoms with Gasteiger partial charge in [-0.05, 0) is 61.6 Å². The third-order valence-corrected chi connectivity index (χ3v) is 5.87. The van der Waals surface area contributed by atoms with Gasteiger partial charge in [0.25, 0.3) is 0 Å². The number of Topliss-reactive ketones (excluding diaryl/α,β-unsaturated/α-hetero) is 1. The van der Waals surface area contributed by atoms with E-state index in [1.165, 1.54) is 13.2 Å². The Morgan fingerprint density at radius 1 is 1.00 bits per heavy atom. The zero-order valence-corrected chi connectivity index (χ0v) is 18.0. The van der Waals surface area contributed by atoms with Crippen molar-refractivity contribution >= 4 is 11.7 Å². The number of allylic oxidation sites excluding steroid dienone is 2. The van der Waals surface area contributed by atoms with Crippen LogP contribution in [0, 0.1) is 0 Å². The van der Waals surface area contributed by atoms with E-state index >= 15 is 0 Å². The first-order valence-electron chi connectivity index (χ1n) is 10.5. The number of hydrogen-bond acceptors (Lipinski definition) is 5.